The molecule has 2 aliphatic heterocycles. The maximum Gasteiger partial charge on any atom is 0.419 e. The number of hydrazone groups is 1. The highest BCUT2D eigenvalue weighted by Gasteiger charge is 2.35. The van der Waals surface area contributed by atoms with Crippen molar-refractivity contribution in [2.45, 2.75) is 25.1 Å². The third-order valence-corrected chi connectivity index (χ3v) is 5.97. The van der Waals surface area contributed by atoms with E-state index in [9.17, 15) is 13.2 Å². The van der Waals surface area contributed by atoms with Gasteiger partial charge in [0.05, 0.1) is 30.5 Å². The van der Waals surface area contributed by atoms with Crippen molar-refractivity contribution in [1.29, 1.82) is 0 Å². The Bertz CT molecular complexity index is 1320. The number of hydrogen-bond acceptors (Lipinski definition) is 7. The van der Waals surface area contributed by atoms with Gasteiger partial charge >= 0.3 is 6.18 Å². The monoisotopic (exact) mass is 492 g/mol. The number of nitrogen functional groups attached to an aromatic ring is 1. The number of aromatic nitrogens is 2. The van der Waals surface area contributed by atoms with Gasteiger partial charge in [-0.2, -0.15) is 18.3 Å². The number of halogens is 3. The molecule has 0 radical (unpaired) electrons. The highest BCUT2D eigenvalue weighted by Crippen LogP contribution is 2.34. The van der Waals surface area contributed by atoms with E-state index < -0.39 is 17.6 Å². The third-order valence-electron chi connectivity index (χ3n) is 5.97. The van der Waals surface area contributed by atoms with Crippen LogP contribution < -0.4 is 10.5 Å². The van der Waals surface area contributed by atoms with Crippen LogP contribution in [0.3, 0.4) is 0 Å². The summed E-state index contributed by atoms with van der Waals surface area (Å²) in [4.78, 5) is 12.3. The molecule has 5 rings (SSSR count). The van der Waals surface area contributed by atoms with E-state index in [0.717, 1.165) is 30.2 Å². The molecule has 0 saturated carbocycles. The second kappa shape index (κ2) is 9.80. The fraction of sp³-hybridized carbons (Fsp3) is 0.231. The Morgan fingerprint density at radius 1 is 1.06 bits per heavy atom. The summed E-state index contributed by atoms with van der Waals surface area (Å²) in [5, 5.41) is 6.31. The molecule has 184 valence electrons. The van der Waals surface area contributed by atoms with Crippen molar-refractivity contribution in [3.05, 3.63) is 95.5 Å². The van der Waals surface area contributed by atoms with Crippen LogP contribution in [-0.4, -0.2) is 39.7 Å². The van der Waals surface area contributed by atoms with Gasteiger partial charge in [-0.25, -0.2) is 9.99 Å². The number of rotatable bonds is 7. The minimum absolute atomic E-state index is 0.176. The summed E-state index contributed by atoms with van der Waals surface area (Å²) in [6.45, 7) is 1.08. The minimum Gasteiger partial charge on any atom is -0.494 e. The number of nitrogens with zero attached hydrogens (tertiary/aromatic N) is 5. The normalized spacial score (nSPS) is 17.0. The number of anilines is 1. The summed E-state index contributed by atoms with van der Waals surface area (Å²) >= 11 is 0. The lowest BCUT2D eigenvalue weighted by atomic mass is 10.1. The van der Waals surface area contributed by atoms with Crippen LogP contribution in [-0.2, 0) is 12.6 Å². The Balaban J connectivity index is 1.25. The van der Waals surface area contributed by atoms with E-state index in [0.29, 0.717) is 24.7 Å². The molecule has 1 unspecified atom stereocenters. The number of aliphatic imine (C=N–C) groups is 1. The number of nitrogens with two attached hydrogens (primary N) is 1. The fourth-order valence-electron chi connectivity index (χ4n) is 4.09. The number of ether oxygens (including phenoxy) is 1. The first-order valence-electron chi connectivity index (χ1n) is 11.4. The standard InChI is InChI=1S/C26H23F3N6O/c27-26(28,29)21-14-19(15-33-25(21)30)22-7-8-24-32-16-23(35(24)34-22)18-3-5-20(6-4-18)36-13-1-2-17-9-11-31-12-10-17/h3-12,14-15,23H,1-2,13,16H2,(H2,30,33). The molecule has 1 atom stereocenters. The first-order valence-corrected chi connectivity index (χ1v) is 11.4. The van der Waals surface area contributed by atoms with Gasteiger partial charge < -0.3 is 10.5 Å². The first-order chi connectivity index (χ1) is 17.4. The smallest absolute Gasteiger partial charge is 0.419 e. The van der Waals surface area contributed by atoms with Gasteiger partial charge in [0.2, 0.25) is 0 Å². The molecule has 0 amide bonds. The largest absolute Gasteiger partial charge is 0.494 e. The number of allylic oxidation sites excluding steroid dienone is 1. The molecule has 0 fully saturated rings. The van der Waals surface area contributed by atoms with E-state index in [1.807, 2.05) is 36.4 Å². The van der Waals surface area contributed by atoms with E-state index in [1.165, 1.54) is 11.8 Å². The van der Waals surface area contributed by atoms with Crippen LogP contribution in [0.4, 0.5) is 19.0 Å². The van der Waals surface area contributed by atoms with E-state index in [1.54, 1.807) is 29.6 Å². The topological polar surface area (TPSA) is 89.0 Å². The summed E-state index contributed by atoms with van der Waals surface area (Å²) in [6, 6.07) is 12.5. The maximum absolute atomic E-state index is 13.3. The van der Waals surface area contributed by atoms with Crippen LogP contribution in [0.15, 0.2) is 83.3 Å². The zero-order chi connectivity index (χ0) is 25.1. The molecule has 7 nitrogen and oxygen atoms in total. The Labute approximate surface area is 205 Å². The van der Waals surface area contributed by atoms with Crippen molar-refractivity contribution < 1.29 is 17.9 Å². The highest BCUT2D eigenvalue weighted by atomic mass is 19.4. The van der Waals surface area contributed by atoms with E-state index in [2.05, 4.69) is 20.1 Å². The van der Waals surface area contributed by atoms with Crippen molar-refractivity contribution in [3.63, 3.8) is 0 Å². The van der Waals surface area contributed by atoms with E-state index in [-0.39, 0.29) is 11.6 Å². The Hall–Kier alpha value is -4.21. The van der Waals surface area contributed by atoms with Crippen molar-refractivity contribution >= 4 is 17.4 Å². The molecule has 3 aromatic rings. The van der Waals surface area contributed by atoms with Crippen LogP contribution in [0.25, 0.3) is 0 Å². The number of fused-ring (bicyclic) bond motifs is 1. The Morgan fingerprint density at radius 2 is 1.83 bits per heavy atom. The number of hydrogen-bond donors (Lipinski definition) is 1. The average molecular weight is 493 g/mol. The first kappa shape index (κ1) is 23.5. The predicted octanol–water partition coefficient (Wildman–Crippen LogP) is 4.82. The summed E-state index contributed by atoms with van der Waals surface area (Å²) in [6.07, 6.45) is 5.44. The molecule has 2 aromatic heterocycles. The maximum atomic E-state index is 13.3. The number of aryl methyl sites for hydroxylation is 1. The molecule has 2 N–H and O–H groups in total. The molecule has 4 heterocycles. The summed E-state index contributed by atoms with van der Waals surface area (Å²) in [5.74, 6) is 0.857. The SMILES string of the molecule is Nc1ncc(C2=NN3C(=NCC3c3ccc(OCCCc4ccncc4)cc3)C=C2)cc1C(F)(F)F. The lowest BCUT2D eigenvalue weighted by Crippen LogP contribution is -2.29. The molecule has 2 aliphatic rings. The molecule has 10 heteroatoms. The highest BCUT2D eigenvalue weighted by molar-refractivity contribution is 6.14. The number of alkyl halides is 3. The van der Waals surface area contributed by atoms with Gasteiger partial charge in [-0.3, -0.25) is 9.98 Å². The van der Waals surface area contributed by atoms with Crippen LogP contribution in [0.1, 0.15) is 34.7 Å². The predicted molar refractivity (Wildman–Crippen MR) is 131 cm³/mol. The van der Waals surface area contributed by atoms with Gasteiger partial charge in [0.1, 0.15) is 17.4 Å². The second-order valence-corrected chi connectivity index (χ2v) is 8.41. The molecular weight excluding hydrogens is 469 g/mol. The molecular formula is C26H23F3N6O. The molecule has 0 spiro atoms. The molecule has 1 aromatic carbocycles. The fourth-order valence-corrected chi connectivity index (χ4v) is 4.09. The number of benzene rings is 1. The van der Waals surface area contributed by atoms with E-state index >= 15 is 0 Å². The van der Waals surface area contributed by atoms with Crippen molar-refractivity contribution in [2.24, 2.45) is 10.1 Å². The van der Waals surface area contributed by atoms with Gasteiger partial charge in [0.15, 0.2) is 0 Å². The molecule has 0 saturated heterocycles. The molecule has 36 heavy (non-hydrogen) atoms. The van der Waals surface area contributed by atoms with Crippen molar-refractivity contribution in [3.8, 4) is 5.75 Å². The Morgan fingerprint density at radius 3 is 2.58 bits per heavy atom. The van der Waals surface area contributed by atoms with Gasteiger partial charge in [-0.1, -0.05) is 12.1 Å². The Kier molecular flexibility index (Phi) is 6.41. The minimum atomic E-state index is -4.60. The zero-order valence-electron chi connectivity index (χ0n) is 19.2. The van der Waals surface area contributed by atoms with E-state index in [4.69, 9.17) is 10.5 Å². The van der Waals surface area contributed by atoms with Crippen LogP contribution >= 0.6 is 0 Å². The van der Waals surface area contributed by atoms with Gasteiger partial charge in [0, 0.05) is 24.2 Å². The summed E-state index contributed by atoms with van der Waals surface area (Å²) in [5.41, 5.74) is 7.24. The van der Waals surface area contributed by atoms with Gasteiger partial charge in [-0.05, 0) is 66.5 Å². The molecule has 0 bridgehead atoms. The lowest BCUT2D eigenvalue weighted by molar-refractivity contribution is -0.137. The summed E-state index contributed by atoms with van der Waals surface area (Å²) < 4.78 is 45.7. The van der Waals surface area contributed by atoms with Gasteiger partial charge in [0.25, 0.3) is 0 Å². The number of pyridine rings is 2. The summed E-state index contributed by atoms with van der Waals surface area (Å²) in [7, 11) is 0. The van der Waals surface area contributed by atoms with Crippen LogP contribution in [0, 0.1) is 0 Å². The second-order valence-electron chi connectivity index (χ2n) is 8.41. The number of amidine groups is 1. The van der Waals surface area contributed by atoms with Crippen molar-refractivity contribution in [1.82, 2.24) is 15.0 Å². The zero-order valence-corrected chi connectivity index (χ0v) is 19.2. The van der Waals surface area contributed by atoms with Crippen molar-refractivity contribution in [2.75, 3.05) is 18.9 Å². The lowest BCUT2D eigenvalue weighted by Gasteiger charge is -2.25. The third kappa shape index (κ3) is 5.07. The average Bonchev–Trinajstić information content (AvgIpc) is 3.30. The van der Waals surface area contributed by atoms with Gasteiger partial charge in [-0.15, -0.1) is 0 Å². The quantitative estimate of drug-likeness (QED) is 0.478. The molecule has 0 aliphatic carbocycles. The van der Waals surface area contributed by atoms with Crippen LogP contribution in [0.2, 0.25) is 0 Å². The van der Waals surface area contributed by atoms with Crippen LogP contribution in [0.5, 0.6) is 5.75 Å².